The molecule has 0 aliphatic rings. The number of amides is 1. The van der Waals surface area contributed by atoms with Crippen molar-refractivity contribution in [3.05, 3.63) is 53.0 Å². The van der Waals surface area contributed by atoms with E-state index in [9.17, 15) is 13.2 Å². The summed E-state index contributed by atoms with van der Waals surface area (Å²) in [5.41, 5.74) is 1.35. The second kappa shape index (κ2) is 6.33. The molecule has 1 heterocycles. The van der Waals surface area contributed by atoms with Gasteiger partial charge in [-0.3, -0.25) is 4.79 Å². The molecule has 0 saturated carbocycles. The predicted octanol–water partition coefficient (Wildman–Crippen LogP) is 2.16. The molecule has 1 aromatic heterocycles. The molecular formula is C15H17NO5S. The first kappa shape index (κ1) is 16.3. The highest BCUT2D eigenvalue weighted by Gasteiger charge is 2.22. The number of benzene rings is 1. The van der Waals surface area contributed by atoms with E-state index >= 15 is 0 Å². The molecule has 118 valence electrons. The number of aryl methyl sites for hydroxylation is 2. The standard InChI is InChI=1S/C15H17NO5S/c1-10-4-5-11(2)14(8-10)22(18,19)16-15(17)13-7-6-12(21-13)9-20-3/h4-8H,9H2,1-3H3,(H,16,17). The van der Waals surface area contributed by atoms with Crippen molar-refractivity contribution in [3.8, 4) is 0 Å². The summed E-state index contributed by atoms with van der Waals surface area (Å²) in [6, 6.07) is 7.98. The number of ether oxygens (including phenoxy) is 1. The van der Waals surface area contributed by atoms with Gasteiger partial charge in [0.1, 0.15) is 12.4 Å². The van der Waals surface area contributed by atoms with Gasteiger partial charge in [-0.25, -0.2) is 13.1 Å². The lowest BCUT2D eigenvalue weighted by Gasteiger charge is -2.09. The third kappa shape index (κ3) is 3.55. The highest BCUT2D eigenvalue weighted by Crippen LogP contribution is 2.17. The molecular weight excluding hydrogens is 306 g/mol. The van der Waals surface area contributed by atoms with Crippen LogP contribution in [-0.2, 0) is 21.4 Å². The average molecular weight is 323 g/mol. The Labute approximate surface area is 129 Å². The van der Waals surface area contributed by atoms with Crippen LogP contribution in [0.25, 0.3) is 0 Å². The van der Waals surface area contributed by atoms with Crippen LogP contribution in [-0.4, -0.2) is 21.4 Å². The summed E-state index contributed by atoms with van der Waals surface area (Å²) in [7, 11) is -2.46. The fourth-order valence-corrected chi connectivity index (χ4v) is 3.23. The monoisotopic (exact) mass is 323 g/mol. The van der Waals surface area contributed by atoms with Crippen LogP contribution < -0.4 is 4.72 Å². The molecule has 0 atom stereocenters. The van der Waals surface area contributed by atoms with Gasteiger partial charge in [0.05, 0.1) is 4.90 Å². The largest absolute Gasteiger partial charge is 0.453 e. The molecule has 1 aromatic carbocycles. The molecule has 1 amide bonds. The minimum Gasteiger partial charge on any atom is -0.453 e. The maximum absolute atomic E-state index is 12.3. The van der Waals surface area contributed by atoms with Gasteiger partial charge in [-0.05, 0) is 43.2 Å². The van der Waals surface area contributed by atoms with Gasteiger partial charge in [0.15, 0.2) is 5.76 Å². The number of carbonyl (C=O) groups is 1. The van der Waals surface area contributed by atoms with E-state index in [4.69, 9.17) is 9.15 Å². The van der Waals surface area contributed by atoms with Crippen molar-refractivity contribution in [2.24, 2.45) is 0 Å². The van der Waals surface area contributed by atoms with E-state index < -0.39 is 15.9 Å². The Kier molecular flexibility index (Phi) is 4.68. The molecule has 0 bridgehead atoms. The van der Waals surface area contributed by atoms with Gasteiger partial charge in [-0.15, -0.1) is 0 Å². The van der Waals surface area contributed by atoms with Gasteiger partial charge in [0.25, 0.3) is 10.0 Å². The summed E-state index contributed by atoms with van der Waals surface area (Å²) >= 11 is 0. The number of furan rings is 1. The molecule has 7 heteroatoms. The number of nitrogens with one attached hydrogen (secondary N) is 1. The van der Waals surface area contributed by atoms with Gasteiger partial charge in [0, 0.05) is 7.11 Å². The van der Waals surface area contributed by atoms with Gasteiger partial charge in [-0.2, -0.15) is 0 Å². The van der Waals surface area contributed by atoms with E-state index in [2.05, 4.69) is 0 Å². The lowest BCUT2D eigenvalue weighted by Crippen LogP contribution is -2.30. The number of hydrogen-bond acceptors (Lipinski definition) is 5. The molecule has 1 N–H and O–H groups in total. The van der Waals surface area contributed by atoms with Crippen LogP contribution in [0.4, 0.5) is 0 Å². The van der Waals surface area contributed by atoms with Crippen molar-refractivity contribution in [2.45, 2.75) is 25.3 Å². The van der Waals surface area contributed by atoms with Crippen molar-refractivity contribution >= 4 is 15.9 Å². The molecule has 22 heavy (non-hydrogen) atoms. The smallest absolute Gasteiger partial charge is 0.300 e. The third-order valence-corrected chi connectivity index (χ3v) is 4.51. The first-order chi connectivity index (χ1) is 10.3. The average Bonchev–Trinajstić information content (AvgIpc) is 2.90. The van der Waals surface area contributed by atoms with E-state index in [0.29, 0.717) is 11.3 Å². The highest BCUT2D eigenvalue weighted by atomic mass is 32.2. The van der Waals surface area contributed by atoms with Gasteiger partial charge in [0.2, 0.25) is 0 Å². The number of carbonyl (C=O) groups excluding carboxylic acids is 1. The maximum Gasteiger partial charge on any atom is 0.300 e. The molecule has 0 fully saturated rings. The van der Waals surface area contributed by atoms with Crippen LogP contribution in [0.1, 0.15) is 27.4 Å². The summed E-state index contributed by atoms with van der Waals surface area (Å²) in [4.78, 5) is 12.1. The third-order valence-electron chi connectivity index (χ3n) is 3.03. The summed E-state index contributed by atoms with van der Waals surface area (Å²) in [6.07, 6.45) is 0. The molecule has 2 rings (SSSR count). The number of sulfonamides is 1. The fraction of sp³-hybridized carbons (Fsp3) is 0.267. The van der Waals surface area contributed by atoms with Crippen molar-refractivity contribution in [3.63, 3.8) is 0 Å². The number of methoxy groups -OCH3 is 1. The molecule has 2 aromatic rings. The van der Waals surface area contributed by atoms with E-state index in [1.54, 1.807) is 32.0 Å². The SMILES string of the molecule is COCc1ccc(C(=O)NS(=O)(=O)c2cc(C)ccc2C)o1. The molecule has 0 aliphatic heterocycles. The van der Waals surface area contributed by atoms with Crippen molar-refractivity contribution in [1.82, 2.24) is 4.72 Å². The summed E-state index contributed by atoms with van der Waals surface area (Å²) < 4.78 is 36.8. The van der Waals surface area contributed by atoms with E-state index in [-0.39, 0.29) is 17.3 Å². The van der Waals surface area contributed by atoms with E-state index in [1.807, 2.05) is 4.72 Å². The Morgan fingerprint density at radius 3 is 2.64 bits per heavy atom. The first-order valence-corrected chi connectivity index (χ1v) is 8.04. The summed E-state index contributed by atoms with van der Waals surface area (Å²) in [5, 5.41) is 0. The van der Waals surface area contributed by atoms with Gasteiger partial charge >= 0.3 is 5.91 Å². The Hall–Kier alpha value is -2.12. The Bertz CT molecular complexity index is 792. The Morgan fingerprint density at radius 1 is 1.23 bits per heavy atom. The Balaban J connectivity index is 2.24. The molecule has 0 saturated heterocycles. The zero-order valence-corrected chi connectivity index (χ0v) is 13.4. The summed E-state index contributed by atoms with van der Waals surface area (Å²) in [6.45, 7) is 3.66. The van der Waals surface area contributed by atoms with E-state index in [0.717, 1.165) is 5.56 Å². The van der Waals surface area contributed by atoms with E-state index in [1.165, 1.54) is 19.2 Å². The zero-order chi connectivity index (χ0) is 16.3. The zero-order valence-electron chi connectivity index (χ0n) is 12.5. The van der Waals surface area contributed by atoms with Crippen LogP contribution in [0.2, 0.25) is 0 Å². The number of rotatable bonds is 5. The van der Waals surface area contributed by atoms with Crippen LogP contribution >= 0.6 is 0 Å². The molecule has 0 spiro atoms. The van der Waals surface area contributed by atoms with Gasteiger partial charge < -0.3 is 9.15 Å². The van der Waals surface area contributed by atoms with Crippen LogP contribution in [0.15, 0.2) is 39.6 Å². The molecule has 0 aliphatic carbocycles. The first-order valence-electron chi connectivity index (χ1n) is 6.55. The van der Waals surface area contributed by atoms with Crippen LogP contribution in [0.5, 0.6) is 0 Å². The highest BCUT2D eigenvalue weighted by molar-refractivity contribution is 7.90. The second-order valence-electron chi connectivity index (χ2n) is 4.90. The lowest BCUT2D eigenvalue weighted by atomic mass is 10.2. The van der Waals surface area contributed by atoms with Crippen molar-refractivity contribution in [1.29, 1.82) is 0 Å². The molecule has 0 radical (unpaired) electrons. The van der Waals surface area contributed by atoms with Crippen molar-refractivity contribution in [2.75, 3.05) is 7.11 Å². The van der Waals surface area contributed by atoms with Crippen LogP contribution in [0, 0.1) is 13.8 Å². The van der Waals surface area contributed by atoms with Crippen molar-refractivity contribution < 1.29 is 22.4 Å². The Morgan fingerprint density at radius 2 is 1.95 bits per heavy atom. The van der Waals surface area contributed by atoms with Crippen LogP contribution in [0.3, 0.4) is 0 Å². The molecule has 0 unspecified atom stereocenters. The maximum atomic E-state index is 12.3. The lowest BCUT2D eigenvalue weighted by molar-refractivity contribution is 0.0945. The minimum absolute atomic E-state index is 0.0736. The van der Waals surface area contributed by atoms with Gasteiger partial charge in [-0.1, -0.05) is 12.1 Å². The summed E-state index contributed by atoms with van der Waals surface area (Å²) in [5.74, 6) is -0.457. The topological polar surface area (TPSA) is 85.6 Å². The fourth-order valence-electron chi connectivity index (χ4n) is 1.94. The normalized spacial score (nSPS) is 11.4. The predicted molar refractivity (Wildman–Crippen MR) is 80.0 cm³/mol. The number of hydrogen-bond donors (Lipinski definition) is 1. The quantitative estimate of drug-likeness (QED) is 0.911. The molecule has 6 nitrogen and oxygen atoms in total. The minimum atomic E-state index is -3.95. The second-order valence-corrected chi connectivity index (χ2v) is 6.55.